The molecule has 2 amide bonds. The van der Waals surface area contributed by atoms with E-state index in [1.807, 2.05) is 45.0 Å². The normalized spacial score (nSPS) is 15.8. The number of ether oxygens (including phenoxy) is 1. The Labute approximate surface area is 165 Å². The van der Waals surface area contributed by atoms with Gasteiger partial charge in [0.25, 0.3) is 0 Å². The zero-order valence-electron chi connectivity index (χ0n) is 16.6. The Morgan fingerprint density at radius 1 is 1.11 bits per heavy atom. The van der Waals surface area contributed by atoms with Gasteiger partial charge < -0.3 is 19.8 Å². The first kappa shape index (κ1) is 20.1. The Kier molecular flexibility index (Phi) is 6.49. The first-order chi connectivity index (χ1) is 13.5. The number of benzene rings is 1. The molecular weight excluding hydrogens is 358 g/mol. The number of amides is 2. The third-order valence-electron chi connectivity index (χ3n) is 4.94. The second-order valence-electron chi connectivity index (χ2n) is 7.12. The number of morpholine rings is 1. The van der Waals surface area contributed by atoms with Crippen LogP contribution in [0.4, 0.5) is 5.69 Å². The van der Waals surface area contributed by atoms with Crippen LogP contribution in [0.2, 0.25) is 0 Å². The van der Waals surface area contributed by atoms with Gasteiger partial charge in [0.15, 0.2) is 0 Å². The molecule has 7 heteroatoms. The molecule has 7 nitrogen and oxygen atoms in total. The molecule has 1 saturated heterocycles. The van der Waals surface area contributed by atoms with E-state index in [1.54, 1.807) is 6.26 Å². The molecule has 1 atom stereocenters. The molecule has 0 bridgehead atoms. The SMILES string of the molecule is Cc1cc(C)c(NC(=O)C(=O)NCC(c2ccco2)N2CCOCC2)c(C)c1. The van der Waals surface area contributed by atoms with Gasteiger partial charge in [-0.1, -0.05) is 17.7 Å². The number of carbonyl (C=O) groups is 2. The lowest BCUT2D eigenvalue weighted by Gasteiger charge is -2.33. The fourth-order valence-electron chi connectivity index (χ4n) is 3.60. The number of hydrogen-bond donors (Lipinski definition) is 2. The van der Waals surface area contributed by atoms with Crippen LogP contribution < -0.4 is 10.6 Å². The zero-order valence-corrected chi connectivity index (χ0v) is 16.6. The third kappa shape index (κ3) is 4.79. The lowest BCUT2D eigenvalue weighted by molar-refractivity contribution is -0.136. The average molecular weight is 385 g/mol. The van der Waals surface area contributed by atoms with Gasteiger partial charge in [0.1, 0.15) is 5.76 Å². The van der Waals surface area contributed by atoms with Crippen molar-refractivity contribution < 1.29 is 18.7 Å². The van der Waals surface area contributed by atoms with Gasteiger partial charge in [-0.25, -0.2) is 0 Å². The van der Waals surface area contributed by atoms with Crippen molar-refractivity contribution in [3.63, 3.8) is 0 Å². The minimum atomic E-state index is -0.671. The highest BCUT2D eigenvalue weighted by molar-refractivity contribution is 6.39. The summed E-state index contributed by atoms with van der Waals surface area (Å²) < 4.78 is 11.0. The lowest BCUT2D eigenvalue weighted by atomic mass is 10.1. The number of hydrogen-bond acceptors (Lipinski definition) is 5. The van der Waals surface area contributed by atoms with Crippen molar-refractivity contribution in [3.8, 4) is 0 Å². The maximum atomic E-state index is 12.4. The van der Waals surface area contributed by atoms with Crippen LogP contribution in [0.25, 0.3) is 0 Å². The standard InChI is InChI=1S/C21H27N3O4/c1-14-11-15(2)19(16(3)12-14)23-21(26)20(25)22-13-17(18-5-4-8-28-18)24-6-9-27-10-7-24/h4-5,8,11-12,17H,6-7,9-10,13H2,1-3H3,(H,22,25)(H,23,26). The van der Waals surface area contributed by atoms with Gasteiger partial charge in [-0.2, -0.15) is 0 Å². The monoisotopic (exact) mass is 385 g/mol. The largest absolute Gasteiger partial charge is 0.468 e. The number of anilines is 1. The summed E-state index contributed by atoms with van der Waals surface area (Å²) in [6.07, 6.45) is 1.61. The van der Waals surface area contributed by atoms with E-state index in [4.69, 9.17) is 9.15 Å². The van der Waals surface area contributed by atoms with Crippen molar-refractivity contribution >= 4 is 17.5 Å². The van der Waals surface area contributed by atoms with Crippen molar-refractivity contribution in [2.45, 2.75) is 26.8 Å². The average Bonchev–Trinajstić information content (AvgIpc) is 3.19. The topological polar surface area (TPSA) is 83.8 Å². The molecule has 0 spiro atoms. The van der Waals surface area contributed by atoms with Crippen LogP contribution in [-0.4, -0.2) is 49.6 Å². The van der Waals surface area contributed by atoms with Crippen LogP contribution in [-0.2, 0) is 14.3 Å². The van der Waals surface area contributed by atoms with Crippen molar-refractivity contribution in [1.29, 1.82) is 0 Å². The Morgan fingerprint density at radius 3 is 2.39 bits per heavy atom. The molecule has 0 saturated carbocycles. The minimum absolute atomic E-state index is 0.140. The molecule has 1 aromatic heterocycles. The van der Waals surface area contributed by atoms with Crippen LogP contribution >= 0.6 is 0 Å². The second kappa shape index (κ2) is 9.03. The maximum Gasteiger partial charge on any atom is 0.313 e. The molecule has 2 N–H and O–H groups in total. The Balaban J connectivity index is 1.63. The quantitative estimate of drug-likeness (QED) is 0.772. The van der Waals surface area contributed by atoms with Crippen LogP contribution in [0, 0.1) is 20.8 Å². The first-order valence-corrected chi connectivity index (χ1v) is 9.48. The van der Waals surface area contributed by atoms with E-state index < -0.39 is 11.8 Å². The minimum Gasteiger partial charge on any atom is -0.468 e. The summed E-state index contributed by atoms with van der Waals surface area (Å²) in [7, 11) is 0. The van der Waals surface area contributed by atoms with Gasteiger partial charge in [-0.05, 0) is 44.0 Å². The van der Waals surface area contributed by atoms with Crippen molar-refractivity contribution in [2.75, 3.05) is 38.2 Å². The molecule has 1 aliphatic rings. The van der Waals surface area contributed by atoms with Crippen molar-refractivity contribution in [1.82, 2.24) is 10.2 Å². The van der Waals surface area contributed by atoms with Crippen molar-refractivity contribution in [2.24, 2.45) is 0 Å². The number of furan rings is 1. The van der Waals surface area contributed by atoms with E-state index in [2.05, 4.69) is 15.5 Å². The molecule has 3 rings (SSSR count). The molecule has 1 aromatic carbocycles. The summed E-state index contributed by atoms with van der Waals surface area (Å²) in [6.45, 7) is 8.88. The van der Waals surface area contributed by atoms with Gasteiger partial charge in [-0.15, -0.1) is 0 Å². The molecule has 150 valence electrons. The summed E-state index contributed by atoms with van der Waals surface area (Å²) in [5.74, 6) is -0.577. The van der Waals surface area contributed by atoms with Gasteiger partial charge in [0.05, 0.1) is 25.5 Å². The Morgan fingerprint density at radius 2 is 1.79 bits per heavy atom. The molecule has 0 aliphatic carbocycles. The summed E-state index contributed by atoms with van der Waals surface area (Å²) in [5.41, 5.74) is 3.66. The van der Waals surface area contributed by atoms with Gasteiger partial charge in [0, 0.05) is 25.3 Å². The highest BCUT2D eigenvalue weighted by atomic mass is 16.5. The summed E-state index contributed by atoms with van der Waals surface area (Å²) in [5, 5.41) is 5.48. The van der Waals surface area contributed by atoms with E-state index in [0.29, 0.717) is 18.9 Å². The number of nitrogens with one attached hydrogen (secondary N) is 2. The number of carbonyl (C=O) groups excluding carboxylic acids is 2. The lowest BCUT2D eigenvalue weighted by Crippen LogP contribution is -2.45. The van der Waals surface area contributed by atoms with Gasteiger partial charge >= 0.3 is 11.8 Å². The Bertz CT molecular complexity index is 803. The number of aryl methyl sites for hydroxylation is 3. The second-order valence-corrected chi connectivity index (χ2v) is 7.12. The van der Waals surface area contributed by atoms with Crippen LogP contribution in [0.15, 0.2) is 34.9 Å². The third-order valence-corrected chi connectivity index (χ3v) is 4.94. The Hall–Kier alpha value is -2.64. The molecule has 2 heterocycles. The highest BCUT2D eigenvalue weighted by Gasteiger charge is 2.26. The molecule has 2 aromatic rings. The smallest absolute Gasteiger partial charge is 0.313 e. The van der Waals surface area contributed by atoms with E-state index >= 15 is 0 Å². The predicted octanol–water partition coefficient (Wildman–Crippen LogP) is 2.33. The van der Waals surface area contributed by atoms with Crippen LogP contribution in [0.1, 0.15) is 28.5 Å². The molecule has 1 aliphatic heterocycles. The summed E-state index contributed by atoms with van der Waals surface area (Å²) >= 11 is 0. The van der Waals surface area contributed by atoms with Gasteiger partial charge in [-0.3, -0.25) is 14.5 Å². The van der Waals surface area contributed by atoms with Gasteiger partial charge in [0.2, 0.25) is 0 Å². The number of rotatable bonds is 5. The first-order valence-electron chi connectivity index (χ1n) is 9.48. The van der Waals surface area contributed by atoms with Crippen LogP contribution in [0.3, 0.4) is 0 Å². The maximum absolute atomic E-state index is 12.4. The van der Waals surface area contributed by atoms with E-state index in [-0.39, 0.29) is 12.6 Å². The molecule has 1 fully saturated rings. The zero-order chi connectivity index (χ0) is 20.1. The summed E-state index contributed by atoms with van der Waals surface area (Å²) in [4.78, 5) is 27.0. The van der Waals surface area contributed by atoms with Crippen molar-refractivity contribution in [3.05, 3.63) is 53.0 Å². The predicted molar refractivity (Wildman–Crippen MR) is 106 cm³/mol. The molecule has 0 radical (unpaired) electrons. The van der Waals surface area contributed by atoms with E-state index in [1.165, 1.54) is 0 Å². The van der Waals surface area contributed by atoms with E-state index in [9.17, 15) is 9.59 Å². The summed E-state index contributed by atoms with van der Waals surface area (Å²) in [6, 6.07) is 7.52. The van der Waals surface area contributed by atoms with E-state index in [0.717, 1.165) is 35.5 Å². The van der Waals surface area contributed by atoms with Crippen LogP contribution in [0.5, 0.6) is 0 Å². The molecule has 28 heavy (non-hydrogen) atoms. The molecular formula is C21H27N3O4. The number of nitrogens with zero attached hydrogens (tertiary/aromatic N) is 1. The fraction of sp³-hybridized carbons (Fsp3) is 0.429. The fourth-order valence-corrected chi connectivity index (χ4v) is 3.60. The molecule has 1 unspecified atom stereocenters. The highest BCUT2D eigenvalue weighted by Crippen LogP contribution is 2.23.